The number of aromatic nitrogens is 2. The number of hydrogen-bond donors (Lipinski definition) is 1. The first-order chi connectivity index (χ1) is 15.6. The highest BCUT2D eigenvalue weighted by Crippen LogP contribution is 2.39. The first kappa shape index (κ1) is 23.7. The molecule has 3 aromatic carbocycles. The largest absolute Gasteiger partial charge is 0.451 e. The molecule has 0 aliphatic heterocycles. The number of hydrogen-bond acceptors (Lipinski definition) is 4. The minimum absolute atomic E-state index is 0.0367. The van der Waals surface area contributed by atoms with E-state index in [9.17, 15) is 12.8 Å². The lowest BCUT2D eigenvalue weighted by atomic mass is 10.3. The molecule has 4 aromatic rings. The van der Waals surface area contributed by atoms with Crippen molar-refractivity contribution >= 4 is 62.1 Å². The molecule has 0 atom stereocenters. The Balaban J connectivity index is 1.56. The molecule has 0 radical (unpaired) electrons. The fourth-order valence-electron chi connectivity index (χ4n) is 2.83. The smallest absolute Gasteiger partial charge is 0.263 e. The predicted octanol–water partition coefficient (Wildman–Crippen LogP) is 7.22. The van der Waals surface area contributed by atoms with E-state index in [1.807, 2.05) is 0 Å². The highest BCUT2D eigenvalue weighted by Gasteiger charge is 2.20. The van der Waals surface area contributed by atoms with E-state index in [2.05, 4.69) is 9.82 Å². The van der Waals surface area contributed by atoms with E-state index in [1.165, 1.54) is 53.3 Å². The number of anilines is 1. The van der Waals surface area contributed by atoms with Gasteiger partial charge in [-0.05, 0) is 54.6 Å². The summed E-state index contributed by atoms with van der Waals surface area (Å²) in [6.07, 6.45) is 2.98. The van der Waals surface area contributed by atoms with Crippen LogP contribution >= 0.6 is 46.4 Å². The Morgan fingerprint density at radius 1 is 0.909 bits per heavy atom. The predicted molar refractivity (Wildman–Crippen MR) is 127 cm³/mol. The summed E-state index contributed by atoms with van der Waals surface area (Å²) in [6.45, 7) is 0. The van der Waals surface area contributed by atoms with E-state index < -0.39 is 10.0 Å². The van der Waals surface area contributed by atoms with Crippen LogP contribution in [-0.2, 0) is 10.0 Å². The van der Waals surface area contributed by atoms with Gasteiger partial charge in [-0.1, -0.05) is 46.4 Å². The van der Waals surface area contributed by atoms with Gasteiger partial charge in [-0.2, -0.15) is 5.10 Å². The van der Waals surface area contributed by atoms with Crippen LogP contribution in [0.2, 0.25) is 20.1 Å². The minimum atomic E-state index is -4.04. The summed E-state index contributed by atoms with van der Waals surface area (Å²) < 4.78 is 48.1. The zero-order chi connectivity index (χ0) is 23.8. The highest BCUT2D eigenvalue weighted by atomic mass is 35.5. The third kappa shape index (κ3) is 5.37. The lowest BCUT2D eigenvalue weighted by Gasteiger charge is -2.13. The fraction of sp³-hybridized carbons (Fsp3) is 0. The van der Waals surface area contributed by atoms with Crippen molar-refractivity contribution < 1.29 is 17.5 Å². The molecule has 170 valence electrons. The molecule has 0 saturated heterocycles. The van der Waals surface area contributed by atoms with E-state index in [0.717, 1.165) is 0 Å². The maximum atomic E-state index is 13.1. The van der Waals surface area contributed by atoms with Crippen molar-refractivity contribution in [3.8, 4) is 17.2 Å². The first-order valence-corrected chi connectivity index (χ1v) is 12.1. The summed E-state index contributed by atoms with van der Waals surface area (Å²) in [5.74, 6) is 0.0452. The number of nitrogens with one attached hydrogen (secondary N) is 1. The maximum Gasteiger partial charge on any atom is 0.263 e. The Bertz CT molecular complexity index is 1420. The highest BCUT2D eigenvalue weighted by molar-refractivity contribution is 7.92. The molecule has 0 spiro atoms. The maximum absolute atomic E-state index is 13.1. The molecule has 1 N–H and O–H groups in total. The Morgan fingerprint density at radius 2 is 1.58 bits per heavy atom. The third-order valence-electron chi connectivity index (χ3n) is 4.30. The van der Waals surface area contributed by atoms with Crippen molar-refractivity contribution in [1.29, 1.82) is 0 Å². The summed E-state index contributed by atoms with van der Waals surface area (Å²) in [4.78, 5) is -0.158. The van der Waals surface area contributed by atoms with Gasteiger partial charge in [0.05, 0.1) is 38.8 Å². The van der Waals surface area contributed by atoms with Gasteiger partial charge >= 0.3 is 0 Å². The van der Waals surface area contributed by atoms with Crippen LogP contribution in [0.25, 0.3) is 5.69 Å². The van der Waals surface area contributed by atoms with Crippen LogP contribution in [0.5, 0.6) is 11.5 Å². The van der Waals surface area contributed by atoms with Crippen molar-refractivity contribution in [2.24, 2.45) is 0 Å². The Labute approximate surface area is 208 Å². The summed E-state index contributed by atoms with van der Waals surface area (Å²) in [5, 5.41) is 4.52. The van der Waals surface area contributed by atoms with E-state index in [0.29, 0.717) is 16.5 Å². The van der Waals surface area contributed by atoms with Crippen LogP contribution in [0.1, 0.15) is 0 Å². The van der Waals surface area contributed by atoms with Crippen LogP contribution in [0.3, 0.4) is 0 Å². The molecule has 0 unspecified atom stereocenters. The summed E-state index contributed by atoms with van der Waals surface area (Å²) in [6, 6.07) is 12.4. The van der Waals surface area contributed by atoms with Gasteiger partial charge in [0, 0.05) is 5.02 Å². The van der Waals surface area contributed by atoms with Gasteiger partial charge in [0.1, 0.15) is 10.7 Å². The fourth-order valence-corrected chi connectivity index (χ4v) is 5.21. The Morgan fingerprint density at radius 3 is 2.21 bits per heavy atom. The second kappa shape index (κ2) is 9.40. The number of benzene rings is 3. The molecule has 0 fully saturated rings. The molecule has 0 aliphatic rings. The zero-order valence-corrected chi connectivity index (χ0v) is 20.1. The van der Waals surface area contributed by atoms with Crippen molar-refractivity contribution in [1.82, 2.24) is 9.78 Å². The lowest BCUT2D eigenvalue weighted by molar-refractivity contribution is 0.483. The molecular formula is C21H12Cl4FN3O3S. The number of halogens is 5. The average molecular weight is 547 g/mol. The van der Waals surface area contributed by atoms with E-state index >= 15 is 0 Å². The van der Waals surface area contributed by atoms with Crippen LogP contribution in [-0.4, -0.2) is 18.2 Å². The second-order valence-electron chi connectivity index (χ2n) is 6.65. The van der Waals surface area contributed by atoms with Crippen molar-refractivity contribution in [2.45, 2.75) is 4.90 Å². The van der Waals surface area contributed by atoms with Crippen LogP contribution in [0, 0.1) is 5.82 Å². The minimum Gasteiger partial charge on any atom is -0.451 e. The molecule has 0 amide bonds. The average Bonchev–Trinajstić information content (AvgIpc) is 3.19. The molecule has 33 heavy (non-hydrogen) atoms. The second-order valence-corrected chi connectivity index (χ2v) is 9.96. The number of nitrogens with zero attached hydrogens (tertiary/aromatic N) is 2. The number of sulfonamides is 1. The zero-order valence-electron chi connectivity index (χ0n) is 16.3. The summed E-state index contributed by atoms with van der Waals surface area (Å²) >= 11 is 24.4. The van der Waals surface area contributed by atoms with Crippen molar-refractivity contribution in [2.75, 3.05) is 4.72 Å². The van der Waals surface area contributed by atoms with Crippen molar-refractivity contribution in [3.05, 3.63) is 92.9 Å². The monoisotopic (exact) mass is 545 g/mol. The molecule has 0 bridgehead atoms. The molecular weight excluding hydrogens is 535 g/mol. The van der Waals surface area contributed by atoms with Crippen LogP contribution in [0.4, 0.5) is 10.1 Å². The topological polar surface area (TPSA) is 73.2 Å². The molecule has 4 rings (SSSR count). The van der Waals surface area contributed by atoms with E-state index in [1.54, 1.807) is 18.3 Å². The Hall–Kier alpha value is -2.49. The van der Waals surface area contributed by atoms with Crippen LogP contribution in [0.15, 0.2) is 71.9 Å². The van der Waals surface area contributed by atoms with Gasteiger partial charge in [-0.3, -0.25) is 4.72 Å². The molecule has 6 nitrogen and oxygen atoms in total. The summed E-state index contributed by atoms with van der Waals surface area (Å²) in [7, 11) is -4.04. The van der Waals surface area contributed by atoms with Gasteiger partial charge in [-0.25, -0.2) is 17.5 Å². The Kier molecular flexibility index (Phi) is 6.74. The van der Waals surface area contributed by atoms with E-state index in [-0.39, 0.29) is 37.2 Å². The number of rotatable bonds is 6. The van der Waals surface area contributed by atoms with Gasteiger partial charge in [-0.15, -0.1) is 0 Å². The SMILES string of the molecule is O=S(=O)(Nc1cc(Cl)c(Oc2cnn(-c3ccc(F)cc3)c2)c(Cl)c1)c1ccc(Cl)cc1Cl. The normalized spacial score (nSPS) is 11.4. The third-order valence-corrected chi connectivity index (χ3v) is 6.96. The first-order valence-electron chi connectivity index (χ1n) is 9.08. The quantitative estimate of drug-likeness (QED) is 0.277. The number of ether oxygens (including phenoxy) is 1. The van der Waals surface area contributed by atoms with Gasteiger partial charge in [0.25, 0.3) is 10.0 Å². The molecule has 0 saturated carbocycles. The lowest BCUT2D eigenvalue weighted by Crippen LogP contribution is -2.13. The van der Waals surface area contributed by atoms with Gasteiger partial charge in [0.2, 0.25) is 0 Å². The van der Waals surface area contributed by atoms with Gasteiger partial charge < -0.3 is 4.74 Å². The molecule has 0 aliphatic carbocycles. The van der Waals surface area contributed by atoms with Crippen molar-refractivity contribution in [3.63, 3.8) is 0 Å². The van der Waals surface area contributed by atoms with Crippen LogP contribution < -0.4 is 9.46 Å². The summed E-state index contributed by atoms with van der Waals surface area (Å²) in [5.41, 5.74) is 0.722. The van der Waals surface area contributed by atoms with Gasteiger partial charge in [0.15, 0.2) is 11.5 Å². The van der Waals surface area contributed by atoms with E-state index in [4.69, 9.17) is 51.1 Å². The molecule has 1 heterocycles. The standard InChI is InChI=1S/C21H12Cl4FN3O3S/c22-12-1-6-20(17(23)7-12)33(30,31)28-14-8-18(24)21(19(25)9-14)32-16-10-27-29(11-16)15-4-2-13(26)3-5-15/h1-11,28H. The molecule has 12 heteroatoms. The molecule has 1 aromatic heterocycles.